The number of ether oxygens (including phenoxy) is 1. The Kier molecular flexibility index (Phi) is 5.20. The van der Waals surface area contributed by atoms with Crippen molar-refractivity contribution in [2.75, 3.05) is 19.1 Å². The molecule has 2 aromatic carbocycles. The Morgan fingerprint density at radius 3 is 2.48 bits per heavy atom. The highest BCUT2D eigenvalue weighted by atomic mass is 79.9. The number of nitrogens with two attached hydrogens (primary N) is 1. The summed E-state index contributed by atoms with van der Waals surface area (Å²) in [6, 6.07) is 13.9. The molecule has 0 atom stereocenters. The van der Waals surface area contributed by atoms with E-state index in [0.717, 1.165) is 33.6 Å². The van der Waals surface area contributed by atoms with Crippen LogP contribution in [-0.2, 0) is 6.54 Å². The minimum atomic E-state index is 0.415. The van der Waals surface area contributed by atoms with Crippen molar-refractivity contribution in [3.8, 4) is 5.75 Å². The summed E-state index contributed by atoms with van der Waals surface area (Å²) in [6.45, 7) is 0.745. The summed E-state index contributed by atoms with van der Waals surface area (Å²) in [4.78, 5) is 2.56. The van der Waals surface area contributed by atoms with Gasteiger partial charge < -0.3 is 15.4 Å². The SMILES string of the molecule is COc1ccc(Br)cc1CN(C)c1ccc(C(N)=S)cc1. The second-order valence-corrected chi connectivity index (χ2v) is 6.08. The second-order valence-electron chi connectivity index (χ2n) is 4.72. The zero-order valence-electron chi connectivity index (χ0n) is 12.0. The molecule has 5 heteroatoms. The third-order valence-electron chi connectivity index (χ3n) is 3.24. The van der Waals surface area contributed by atoms with Crippen LogP contribution < -0.4 is 15.4 Å². The molecule has 2 rings (SSSR count). The number of hydrogen-bond donors (Lipinski definition) is 1. The summed E-state index contributed by atoms with van der Waals surface area (Å²) in [7, 11) is 3.72. The van der Waals surface area contributed by atoms with Crippen LogP contribution in [0.5, 0.6) is 5.75 Å². The van der Waals surface area contributed by atoms with E-state index in [1.165, 1.54) is 0 Å². The number of thiocarbonyl (C=S) groups is 1. The van der Waals surface area contributed by atoms with Crippen molar-refractivity contribution in [1.29, 1.82) is 0 Å². The molecule has 0 heterocycles. The van der Waals surface area contributed by atoms with Crippen LogP contribution in [0.15, 0.2) is 46.9 Å². The van der Waals surface area contributed by atoms with Gasteiger partial charge >= 0.3 is 0 Å². The molecule has 0 fully saturated rings. The molecule has 110 valence electrons. The van der Waals surface area contributed by atoms with Crippen molar-refractivity contribution in [3.63, 3.8) is 0 Å². The predicted molar refractivity (Wildman–Crippen MR) is 95.1 cm³/mol. The van der Waals surface area contributed by atoms with Crippen LogP contribution in [0.25, 0.3) is 0 Å². The van der Waals surface area contributed by atoms with Gasteiger partial charge in [-0.05, 0) is 42.5 Å². The first kappa shape index (κ1) is 15.8. The highest BCUT2D eigenvalue weighted by Crippen LogP contribution is 2.26. The van der Waals surface area contributed by atoms with Crippen LogP contribution in [0.2, 0.25) is 0 Å². The number of rotatable bonds is 5. The molecule has 2 aromatic rings. The third kappa shape index (κ3) is 3.95. The Morgan fingerprint density at radius 1 is 1.24 bits per heavy atom. The van der Waals surface area contributed by atoms with Crippen molar-refractivity contribution < 1.29 is 4.74 Å². The highest BCUT2D eigenvalue weighted by molar-refractivity contribution is 9.10. The van der Waals surface area contributed by atoms with Gasteiger partial charge in [0, 0.05) is 34.9 Å². The zero-order valence-corrected chi connectivity index (χ0v) is 14.4. The molecule has 0 aliphatic carbocycles. The summed E-state index contributed by atoms with van der Waals surface area (Å²) in [6.07, 6.45) is 0. The smallest absolute Gasteiger partial charge is 0.123 e. The van der Waals surface area contributed by atoms with Gasteiger partial charge in [0.2, 0.25) is 0 Å². The van der Waals surface area contributed by atoms with Crippen LogP contribution in [0.1, 0.15) is 11.1 Å². The number of hydrogen-bond acceptors (Lipinski definition) is 3. The van der Waals surface area contributed by atoms with Gasteiger partial charge in [-0.1, -0.05) is 28.1 Å². The summed E-state index contributed by atoms with van der Waals surface area (Å²) < 4.78 is 6.44. The Balaban J connectivity index is 2.19. The summed E-state index contributed by atoms with van der Waals surface area (Å²) in [5.41, 5.74) is 8.70. The standard InChI is InChI=1S/C16H17BrN2OS/c1-19(14-6-3-11(4-7-14)16(18)21)10-12-9-13(17)5-8-15(12)20-2/h3-9H,10H2,1-2H3,(H2,18,21). The Bertz CT molecular complexity index is 643. The Morgan fingerprint density at radius 2 is 1.90 bits per heavy atom. The van der Waals surface area contributed by atoms with Crippen LogP contribution in [0.3, 0.4) is 0 Å². The first-order valence-electron chi connectivity index (χ1n) is 6.44. The molecule has 0 spiro atoms. The normalized spacial score (nSPS) is 10.2. The lowest BCUT2D eigenvalue weighted by molar-refractivity contribution is 0.409. The summed E-state index contributed by atoms with van der Waals surface area (Å²) >= 11 is 8.46. The predicted octanol–water partition coefficient (Wildman–Crippen LogP) is 3.73. The van der Waals surface area contributed by atoms with Gasteiger partial charge in [0.15, 0.2) is 0 Å². The highest BCUT2D eigenvalue weighted by Gasteiger charge is 2.08. The molecule has 0 saturated heterocycles. The van der Waals surface area contributed by atoms with E-state index in [1.807, 2.05) is 43.4 Å². The van der Waals surface area contributed by atoms with E-state index >= 15 is 0 Å². The van der Waals surface area contributed by atoms with Crippen LogP contribution >= 0.6 is 28.1 Å². The van der Waals surface area contributed by atoms with E-state index in [9.17, 15) is 0 Å². The average Bonchev–Trinajstić information content (AvgIpc) is 2.47. The molecular formula is C16H17BrN2OS. The van der Waals surface area contributed by atoms with E-state index in [-0.39, 0.29) is 0 Å². The largest absolute Gasteiger partial charge is 0.496 e. The maximum Gasteiger partial charge on any atom is 0.123 e. The lowest BCUT2D eigenvalue weighted by atomic mass is 10.1. The average molecular weight is 365 g/mol. The number of anilines is 1. The van der Waals surface area contributed by atoms with Crippen molar-refractivity contribution in [2.45, 2.75) is 6.54 Å². The minimum Gasteiger partial charge on any atom is -0.496 e. The van der Waals surface area contributed by atoms with Crippen molar-refractivity contribution >= 4 is 38.8 Å². The van der Waals surface area contributed by atoms with Gasteiger partial charge in [-0.2, -0.15) is 0 Å². The fourth-order valence-electron chi connectivity index (χ4n) is 2.10. The monoisotopic (exact) mass is 364 g/mol. The lowest BCUT2D eigenvalue weighted by Crippen LogP contribution is -2.17. The number of methoxy groups -OCH3 is 1. The van der Waals surface area contributed by atoms with Crippen molar-refractivity contribution in [3.05, 3.63) is 58.1 Å². The van der Waals surface area contributed by atoms with Gasteiger partial charge in [-0.3, -0.25) is 0 Å². The molecule has 2 N–H and O–H groups in total. The number of benzene rings is 2. The molecule has 3 nitrogen and oxygen atoms in total. The van der Waals surface area contributed by atoms with Gasteiger partial charge in [0.1, 0.15) is 10.7 Å². The fourth-order valence-corrected chi connectivity index (χ4v) is 2.64. The molecule has 0 amide bonds. The van der Waals surface area contributed by atoms with Crippen molar-refractivity contribution in [1.82, 2.24) is 0 Å². The third-order valence-corrected chi connectivity index (χ3v) is 3.97. The molecule has 0 bridgehead atoms. The molecule has 0 aliphatic rings. The lowest BCUT2D eigenvalue weighted by Gasteiger charge is -2.21. The first-order chi connectivity index (χ1) is 10.0. The molecule has 21 heavy (non-hydrogen) atoms. The molecule has 0 saturated carbocycles. The molecule has 0 unspecified atom stereocenters. The first-order valence-corrected chi connectivity index (χ1v) is 7.65. The minimum absolute atomic E-state index is 0.415. The molecule has 0 radical (unpaired) electrons. The molecule has 0 aromatic heterocycles. The van der Waals surface area contributed by atoms with E-state index in [1.54, 1.807) is 7.11 Å². The number of halogens is 1. The second kappa shape index (κ2) is 6.91. The van der Waals surface area contributed by atoms with Gasteiger partial charge in [0.05, 0.1) is 7.11 Å². The van der Waals surface area contributed by atoms with Gasteiger partial charge in [-0.25, -0.2) is 0 Å². The van der Waals surface area contributed by atoms with Crippen LogP contribution in [0, 0.1) is 0 Å². The van der Waals surface area contributed by atoms with Gasteiger partial charge in [0.25, 0.3) is 0 Å². The van der Waals surface area contributed by atoms with E-state index in [2.05, 4.69) is 26.9 Å². The van der Waals surface area contributed by atoms with Crippen LogP contribution in [0.4, 0.5) is 5.69 Å². The molecule has 0 aliphatic heterocycles. The number of nitrogens with zero attached hydrogens (tertiary/aromatic N) is 1. The van der Waals surface area contributed by atoms with E-state index < -0.39 is 0 Å². The van der Waals surface area contributed by atoms with Crippen LogP contribution in [-0.4, -0.2) is 19.1 Å². The zero-order chi connectivity index (χ0) is 15.4. The Hall–Kier alpha value is -1.59. The van der Waals surface area contributed by atoms with E-state index in [4.69, 9.17) is 22.7 Å². The van der Waals surface area contributed by atoms with E-state index in [0.29, 0.717) is 4.99 Å². The quantitative estimate of drug-likeness (QED) is 0.820. The fraction of sp³-hybridized carbons (Fsp3) is 0.188. The topological polar surface area (TPSA) is 38.5 Å². The maximum atomic E-state index is 5.61. The van der Waals surface area contributed by atoms with Gasteiger partial charge in [-0.15, -0.1) is 0 Å². The van der Waals surface area contributed by atoms with Crippen molar-refractivity contribution in [2.24, 2.45) is 5.73 Å². The maximum absolute atomic E-state index is 5.61. The summed E-state index contributed by atoms with van der Waals surface area (Å²) in [5, 5.41) is 0. The summed E-state index contributed by atoms with van der Waals surface area (Å²) in [5.74, 6) is 0.879. The Labute approximate surface area is 138 Å². The molecular weight excluding hydrogens is 348 g/mol.